The van der Waals surface area contributed by atoms with E-state index in [0.29, 0.717) is 0 Å². The van der Waals surface area contributed by atoms with Gasteiger partial charge < -0.3 is 0 Å². The summed E-state index contributed by atoms with van der Waals surface area (Å²) in [5.41, 5.74) is 1.36. The van der Waals surface area contributed by atoms with Crippen molar-refractivity contribution in [3.8, 4) is 0 Å². The van der Waals surface area contributed by atoms with E-state index in [9.17, 15) is 0 Å². The van der Waals surface area contributed by atoms with Gasteiger partial charge in [0, 0.05) is 0 Å². The Labute approximate surface area is 83.4 Å². The summed E-state index contributed by atoms with van der Waals surface area (Å²) in [5, 5.41) is 0. The summed E-state index contributed by atoms with van der Waals surface area (Å²) >= 11 is 0. The van der Waals surface area contributed by atoms with E-state index in [4.69, 9.17) is 0 Å². The molecule has 0 aromatic rings. The van der Waals surface area contributed by atoms with Crippen LogP contribution in [0.25, 0.3) is 0 Å². The van der Waals surface area contributed by atoms with Crippen molar-refractivity contribution in [1.82, 2.24) is 0 Å². The van der Waals surface area contributed by atoms with Crippen LogP contribution in [0.15, 0.2) is 12.2 Å². The molecule has 0 spiro atoms. The number of allylic oxidation sites excluding steroid dienone is 1. The molecule has 0 heteroatoms. The van der Waals surface area contributed by atoms with Crippen LogP contribution in [0, 0.1) is 5.92 Å². The van der Waals surface area contributed by atoms with Crippen molar-refractivity contribution in [2.75, 3.05) is 0 Å². The van der Waals surface area contributed by atoms with E-state index in [0.717, 1.165) is 5.92 Å². The Kier molecular flexibility index (Phi) is 5.19. The molecule has 0 aromatic heterocycles. The molecule has 1 saturated carbocycles. The Bertz CT molecular complexity index is 138. The molecule has 76 valence electrons. The summed E-state index contributed by atoms with van der Waals surface area (Å²) in [7, 11) is 0. The molecular formula is C13H24. The predicted molar refractivity (Wildman–Crippen MR) is 59.9 cm³/mol. The monoisotopic (exact) mass is 180 g/mol. The van der Waals surface area contributed by atoms with Gasteiger partial charge in [0.25, 0.3) is 0 Å². The minimum Gasteiger partial charge on any atom is -0.100 e. The smallest absolute Gasteiger partial charge is 0.0323 e. The Hall–Kier alpha value is -0.260. The van der Waals surface area contributed by atoms with Gasteiger partial charge in [-0.05, 0) is 25.7 Å². The lowest BCUT2D eigenvalue weighted by molar-refractivity contribution is 0.359. The molecule has 1 aliphatic carbocycles. The lowest BCUT2D eigenvalue weighted by Gasteiger charge is -2.19. The van der Waals surface area contributed by atoms with Gasteiger partial charge >= 0.3 is 0 Å². The molecule has 0 N–H and O–H groups in total. The maximum Gasteiger partial charge on any atom is -0.0323 e. The van der Waals surface area contributed by atoms with Gasteiger partial charge in [0.15, 0.2) is 0 Å². The summed E-state index contributed by atoms with van der Waals surface area (Å²) in [4.78, 5) is 0. The predicted octanol–water partition coefficient (Wildman–Crippen LogP) is 4.70. The fourth-order valence-electron chi connectivity index (χ4n) is 2.28. The zero-order valence-corrected chi connectivity index (χ0v) is 9.15. The Balaban J connectivity index is 2.17. The fourth-order valence-corrected chi connectivity index (χ4v) is 2.28. The Morgan fingerprint density at radius 1 is 1.08 bits per heavy atom. The van der Waals surface area contributed by atoms with Crippen LogP contribution >= 0.6 is 0 Å². The van der Waals surface area contributed by atoms with Crippen LogP contribution in [0.4, 0.5) is 0 Å². The highest BCUT2D eigenvalue weighted by Gasteiger charge is 2.10. The first-order valence-electron chi connectivity index (χ1n) is 5.93. The van der Waals surface area contributed by atoms with Crippen molar-refractivity contribution in [1.29, 1.82) is 0 Å². The van der Waals surface area contributed by atoms with Gasteiger partial charge in [-0.15, -0.1) is 6.58 Å². The first kappa shape index (κ1) is 10.8. The first-order valence-corrected chi connectivity index (χ1v) is 5.93. The Morgan fingerprint density at radius 3 is 2.15 bits per heavy atom. The minimum absolute atomic E-state index is 1.01. The first-order chi connectivity index (χ1) is 6.29. The van der Waals surface area contributed by atoms with Crippen LogP contribution in [0.2, 0.25) is 0 Å². The normalized spacial score (nSPS) is 20.7. The largest absolute Gasteiger partial charge is 0.100 e. The number of rotatable bonds is 3. The zero-order valence-electron chi connectivity index (χ0n) is 9.15. The molecule has 0 aromatic carbocycles. The number of hydrogen-bond donors (Lipinski definition) is 0. The molecule has 1 aliphatic rings. The average Bonchev–Trinajstić information content (AvgIpc) is 2.01. The van der Waals surface area contributed by atoms with Gasteiger partial charge in [-0.3, -0.25) is 0 Å². The van der Waals surface area contributed by atoms with Crippen molar-refractivity contribution in [3.05, 3.63) is 12.2 Å². The number of hydrogen-bond acceptors (Lipinski definition) is 0. The molecule has 0 unspecified atom stereocenters. The fraction of sp³-hybridized carbons (Fsp3) is 0.846. The second kappa shape index (κ2) is 6.23. The quantitative estimate of drug-likeness (QED) is 0.552. The summed E-state index contributed by atoms with van der Waals surface area (Å²) in [6.07, 6.45) is 13.0. The van der Waals surface area contributed by atoms with Crippen molar-refractivity contribution in [2.24, 2.45) is 5.92 Å². The van der Waals surface area contributed by atoms with Crippen LogP contribution in [-0.4, -0.2) is 0 Å². The van der Waals surface area contributed by atoms with Crippen molar-refractivity contribution in [2.45, 2.75) is 64.7 Å². The molecule has 0 radical (unpaired) electrons. The summed E-state index contributed by atoms with van der Waals surface area (Å²) in [6, 6.07) is 0. The molecule has 0 amide bonds. The third-order valence-electron chi connectivity index (χ3n) is 3.20. The molecule has 1 fully saturated rings. The lowest BCUT2D eigenvalue weighted by atomic mass is 9.87. The summed E-state index contributed by atoms with van der Waals surface area (Å²) in [5.74, 6) is 1.01. The highest BCUT2D eigenvalue weighted by atomic mass is 14.2. The van der Waals surface area contributed by atoms with Crippen molar-refractivity contribution >= 4 is 0 Å². The van der Waals surface area contributed by atoms with Crippen LogP contribution in [0.3, 0.4) is 0 Å². The van der Waals surface area contributed by atoms with E-state index in [2.05, 4.69) is 13.5 Å². The molecule has 0 bridgehead atoms. The lowest BCUT2D eigenvalue weighted by Crippen LogP contribution is -2.03. The third-order valence-corrected chi connectivity index (χ3v) is 3.20. The van der Waals surface area contributed by atoms with Crippen molar-refractivity contribution in [3.63, 3.8) is 0 Å². The van der Waals surface area contributed by atoms with Gasteiger partial charge in [-0.1, -0.05) is 50.5 Å². The third kappa shape index (κ3) is 5.13. The van der Waals surface area contributed by atoms with Crippen molar-refractivity contribution < 1.29 is 0 Å². The molecule has 0 saturated heterocycles. The maximum atomic E-state index is 3.98. The van der Waals surface area contributed by atoms with Gasteiger partial charge in [0.2, 0.25) is 0 Å². The molecule has 0 aliphatic heterocycles. The molecule has 0 nitrogen and oxygen atoms in total. The molecule has 0 heterocycles. The van der Waals surface area contributed by atoms with E-state index < -0.39 is 0 Å². The van der Waals surface area contributed by atoms with Crippen LogP contribution in [0.1, 0.15) is 64.7 Å². The van der Waals surface area contributed by atoms with Crippen LogP contribution in [0.5, 0.6) is 0 Å². The van der Waals surface area contributed by atoms with Gasteiger partial charge in [-0.25, -0.2) is 0 Å². The van der Waals surface area contributed by atoms with E-state index in [1.807, 2.05) is 0 Å². The van der Waals surface area contributed by atoms with Gasteiger partial charge in [-0.2, -0.15) is 0 Å². The van der Waals surface area contributed by atoms with Gasteiger partial charge in [0.05, 0.1) is 0 Å². The standard InChI is InChI=1S/C13H24/c1-12(2)10-11-13-8-6-4-3-5-7-9-13/h13H,1,3-11H2,2H3. The average molecular weight is 180 g/mol. The Morgan fingerprint density at radius 2 is 1.62 bits per heavy atom. The molecule has 0 atom stereocenters. The van der Waals surface area contributed by atoms with Crippen LogP contribution < -0.4 is 0 Å². The van der Waals surface area contributed by atoms with E-state index >= 15 is 0 Å². The summed E-state index contributed by atoms with van der Waals surface area (Å²) < 4.78 is 0. The van der Waals surface area contributed by atoms with E-state index in [1.165, 1.54) is 63.4 Å². The molecular weight excluding hydrogens is 156 g/mol. The second-order valence-corrected chi connectivity index (χ2v) is 4.71. The minimum atomic E-state index is 1.01. The highest BCUT2D eigenvalue weighted by Crippen LogP contribution is 2.26. The molecule has 13 heavy (non-hydrogen) atoms. The highest BCUT2D eigenvalue weighted by molar-refractivity contribution is 4.88. The second-order valence-electron chi connectivity index (χ2n) is 4.71. The topological polar surface area (TPSA) is 0 Å². The molecule has 1 rings (SSSR count). The van der Waals surface area contributed by atoms with E-state index in [-0.39, 0.29) is 0 Å². The zero-order chi connectivity index (χ0) is 9.52. The SMILES string of the molecule is C=C(C)CCC1CCCCCCC1. The van der Waals surface area contributed by atoms with Gasteiger partial charge in [0.1, 0.15) is 0 Å². The van der Waals surface area contributed by atoms with E-state index in [1.54, 1.807) is 0 Å². The van der Waals surface area contributed by atoms with Crippen LogP contribution in [-0.2, 0) is 0 Å². The maximum absolute atomic E-state index is 3.98. The summed E-state index contributed by atoms with van der Waals surface area (Å²) in [6.45, 7) is 6.14.